The Morgan fingerprint density at radius 1 is 1.67 bits per heavy atom. The average molecular weight is 222 g/mol. The first kappa shape index (κ1) is 9.74. The average Bonchev–Trinajstić information content (AvgIpc) is 2.50. The first-order chi connectivity index (χ1) is 7.19. The van der Waals surface area contributed by atoms with E-state index in [2.05, 4.69) is 16.2 Å². The maximum absolute atomic E-state index is 8.97. The minimum atomic E-state index is 0.161. The second-order valence-corrected chi connectivity index (χ2v) is 3.39. The Morgan fingerprint density at radius 2 is 2.40 bits per heavy atom. The summed E-state index contributed by atoms with van der Waals surface area (Å²) in [6, 6.07) is 2.06. The molecule has 0 saturated carbocycles. The van der Waals surface area contributed by atoms with Crippen molar-refractivity contribution in [2.75, 3.05) is 5.73 Å². The van der Waals surface area contributed by atoms with Crippen molar-refractivity contribution >= 4 is 23.1 Å². The molecule has 0 aliphatic heterocycles. The summed E-state index contributed by atoms with van der Waals surface area (Å²) < 4.78 is 1.57. The van der Waals surface area contributed by atoms with Gasteiger partial charge < -0.3 is 5.73 Å². The summed E-state index contributed by atoms with van der Waals surface area (Å²) in [6.45, 7) is 1.93. The van der Waals surface area contributed by atoms with E-state index in [9.17, 15) is 0 Å². The highest BCUT2D eigenvalue weighted by Crippen LogP contribution is 2.27. The number of nitrogens with zero attached hydrogens (tertiary/aromatic N) is 4. The first-order valence-electron chi connectivity index (χ1n) is 4.40. The van der Waals surface area contributed by atoms with E-state index in [1.807, 2.05) is 6.92 Å². The second-order valence-electron chi connectivity index (χ2n) is 3.01. The van der Waals surface area contributed by atoms with Crippen LogP contribution >= 0.6 is 11.6 Å². The summed E-state index contributed by atoms with van der Waals surface area (Å²) in [5.41, 5.74) is 7.29. The van der Waals surface area contributed by atoms with E-state index in [-0.39, 0.29) is 5.95 Å². The van der Waals surface area contributed by atoms with Gasteiger partial charge in [0.2, 0.25) is 5.95 Å². The largest absolute Gasteiger partial charge is 0.367 e. The SMILES string of the molecule is CCc1c(C#N)c(Cl)c2cnc(N)nn12. The third-order valence-corrected chi connectivity index (χ3v) is 2.57. The van der Waals surface area contributed by atoms with Gasteiger partial charge >= 0.3 is 0 Å². The second kappa shape index (κ2) is 3.41. The third-order valence-electron chi connectivity index (χ3n) is 2.19. The summed E-state index contributed by atoms with van der Waals surface area (Å²) >= 11 is 6.03. The predicted molar refractivity (Wildman–Crippen MR) is 56.5 cm³/mol. The maximum Gasteiger partial charge on any atom is 0.238 e. The number of aromatic nitrogens is 3. The molecular weight excluding hydrogens is 214 g/mol. The number of rotatable bonds is 1. The number of nitrogens with two attached hydrogens (primary N) is 1. The lowest BCUT2D eigenvalue weighted by molar-refractivity contribution is 0.845. The molecule has 2 heterocycles. The van der Waals surface area contributed by atoms with Crippen LogP contribution in [0.15, 0.2) is 6.20 Å². The van der Waals surface area contributed by atoms with Crippen molar-refractivity contribution < 1.29 is 0 Å². The Kier molecular flexibility index (Phi) is 2.21. The van der Waals surface area contributed by atoms with E-state index in [0.29, 0.717) is 22.5 Å². The van der Waals surface area contributed by atoms with Crippen LogP contribution in [0, 0.1) is 11.3 Å². The standard InChI is InChI=1S/C9H8ClN5/c1-2-6-5(3-11)8(10)7-4-13-9(12)14-15(6)7/h4H,2H2,1H3,(H2,12,14). The van der Waals surface area contributed by atoms with Crippen molar-refractivity contribution in [3.8, 4) is 6.07 Å². The molecule has 76 valence electrons. The fourth-order valence-corrected chi connectivity index (χ4v) is 1.80. The lowest BCUT2D eigenvalue weighted by Gasteiger charge is -1.98. The lowest BCUT2D eigenvalue weighted by Crippen LogP contribution is -2.03. The molecule has 0 bridgehead atoms. The van der Waals surface area contributed by atoms with Gasteiger partial charge in [-0.15, -0.1) is 5.10 Å². The van der Waals surface area contributed by atoms with Crippen LogP contribution in [0.3, 0.4) is 0 Å². The van der Waals surface area contributed by atoms with Gasteiger partial charge in [-0.05, 0) is 6.42 Å². The maximum atomic E-state index is 8.97. The van der Waals surface area contributed by atoms with Crippen molar-refractivity contribution in [1.82, 2.24) is 14.6 Å². The van der Waals surface area contributed by atoms with Crippen LogP contribution in [-0.4, -0.2) is 14.6 Å². The molecule has 15 heavy (non-hydrogen) atoms. The van der Waals surface area contributed by atoms with Gasteiger partial charge in [0, 0.05) is 0 Å². The van der Waals surface area contributed by atoms with Gasteiger partial charge in [-0.2, -0.15) is 5.26 Å². The molecule has 2 rings (SSSR count). The van der Waals surface area contributed by atoms with Gasteiger partial charge in [-0.25, -0.2) is 9.50 Å². The molecule has 0 spiro atoms. The van der Waals surface area contributed by atoms with Crippen LogP contribution in [-0.2, 0) is 6.42 Å². The zero-order valence-corrected chi connectivity index (χ0v) is 8.78. The Morgan fingerprint density at radius 3 is 3.00 bits per heavy atom. The molecule has 0 fully saturated rings. The molecule has 0 aliphatic rings. The number of fused-ring (bicyclic) bond motifs is 1. The number of halogens is 1. The predicted octanol–water partition coefficient (Wildman–Crippen LogP) is 1.40. The van der Waals surface area contributed by atoms with E-state index in [1.54, 1.807) is 4.52 Å². The number of aryl methyl sites for hydroxylation is 1. The van der Waals surface area contributed by atoms with Crippen LogP contribution < -0.4 is 5.73 Å². The highest BCUT2D eigenvalue weighted by Gasteiger charge is 2.16. The van der Waals surface area contributed by atoms with E-state index < -0.39 is 0 Å². The highest BCUT2D eigenvalue weighted by molar-refractivity contribution is 6.35. The van der Waals surface area contributed by atoms with Gasteiger partial charge in [0.05, 0.1) is 22.5 Å². The first-order valence-corrected chi connectivity index (χ1v) is 4.78. The third kappa shape index (κ3) is 1.30. The number of nitrogen functional groups attached to an aromatic ring is 1. The summed E-state index contributed by atoms with van der Waals surface area (Å²) in [6.07, 6.45) is 2.18. The van der Waals surface area contributed by atoms with E-state index in [4.69, 9.17) is 22.6 Å². The zero-order valence-electron chi connectivity index (χ0n) is 8.03. The van der Waals surface area contributed by atoms with E-state index >= 15 is 0 Å². The molecule has 0 radical (unpaired) electrons. The molecule has 2 N–H and O–H groups in total. The van der Waals surface area contributed by atoms with Crippen LogP contribution in [0.4, 0.5) is 5.95 Å². The molecule has 0 unspecified atom stereocenters. The minimum Gasteiger partial charge on any atom is -0.367 e. The number of anilines is 1. The van der Waals surface area contributed by atoms with Gasteiger partial charge in [0.25, 0.3) is 0 Å². The van der Waals surface area contributed by atoms with Crippen LogP contribution in [0.25, 0.3) is 5.52 Å². The molecule has 0 aliphatic carbocycles. The molecule has 0 saturated heterocycles. The Hall–Kier alpha value is -1.80. The molecular formula is C9H8ClN5. The quantitative estimate of drug-likeness (QED) is 0.789. The fraction of sp³-hybridized carbons (Fsp3) is 0.222. The Balaban J connectivity index is 2.93. The number of nitriles is 1. The molecule has 5 nitrogen and oxygen atoms in total. The lowest BCUT2D eigenvalue weighted by atomic mass is 10.2. The minimum absolute atomic E-state index is 0.161. The summed E-state index contributed by atoms with van der Waals surface area (Å²) in [4.78, 5) is 3.84. The van der Waals surface area contributed by atoms with Crippen LogP contribution in [0.5, 0.6) is 0 Å². The van der Waals surface area contributed by atoms with Crippen molar-refractivity contribution in [3.63, 3.8) is 0 Å². The Labute approximate surface area is 91.1 Å². The fourth-order valence-electron chi connectivity index (χ4n) is 1.52. The van der Waals surface area contributed by atoms with Crippen molar-refractivity contribution in [3.05, 3.63) is 22.5 Å². The van der Waals surface area contributed by atoms with Crippen molar-refractivity contribution in [1.29, 1.82) is 5.26 Å². The highest BCUT2D eigenvalue weighted by atomic mass is 35.5. The monoisotopic (exact) mass is 221 g/mol. The van der Waals surface area contributed by atoms with Crippen LogP contribution in [0.1, 0.15) is 18.2 Å². The summed E-state index contributed by atoms with van der Waals surface area (Å²) in [5, 5.41) is 13.4. The molecule has 0 amide bonds. The van der Waals surface area contributed by atoms with Crippen LogP contribution in [0.2, 0.25) is 5.02 Å². The van der Waals surface area contributed by atoms with Gasteiger partial charge in [-0.3, -0.25) is 0 Å². The Bertz CT molecular complexity index is 566. The van der Waals surface area contributed by atoms with E-state index in [1.165, 1.54) is 6.20 Å². The molecule has 2 aromatic heterocycles. The normalized spacial score (nSPS) is 10.5. The van der Waals surface area contributed by atoms with Crippen molar-refractivity contribution in [2.45, 2.75) is 13.3 Å². The topological polar surface area (TPSA) is 80.0 Å². The van der Waals surface area contributed by atoms with Gasteiger partial charge in [0.1, 0.15) is 11.6 Å². The van der Waals surface area contributed by atoms with Crippen molar-refractivity contribution in [2.24, 2.45) is 0 Å². The summed E-state index contributed by atoms with van der Waals surface area (Å²) in [7, 11) is 0. The number of hydrogen-bond acceptors (Lipinski definition) is 4. The van der Waals surface area contributed by atoms with Gasteiger partial charge in [-0.1, -0.05) is 18.5 Å². The van der Waals surface area contributed by atoms with E-state index in [0.717, 1.165) is 5.69 Å². The molecule has 2 aromatic rings. The number of hydrogen-bond donors (Lipinski definition) is 1. The smallest absolute Gasteiger partial charge is 0.238 e. The van der Waals surface area contributed by atoms with Gasteiger partial charge in [0.15, 0.2) is 0 Å². The zero-order chi connectivity index (χ0) is 11.0. The molecule has 0 atom stereocenters. The molecule has 0 aromatic carbocycles. The molecule has 6 heteroatoms. The summed E-state index contributed by atoms with van der Waals surface area (Å²) in [5.74, 6) is 0.161.